The Labute approximate surface area is 121 Å². The largest absolute Gasteiger partial charge is 0.481 e. The van der Waals surface area contributed by atoms with Gasteiger partial charge in [0.25, 0.3) is 0 Å². The summed E-state index contributed by atoms with van der Waals surface area (Å²) in [6, 6.07) is 7.78. The van der Waals surface area contributed by atoms with Gasteiger partial charge in [0.1, 0.15) is 0 Å². The van der Waals surface area contributed by atoms with Crippen LogP contribution in [0.2, 0.25) is 0 Å². The SMILES string of the molecule is O=C(O)CCn1c(-c2ccc(I)cc2)csc1=O. The highest BCUT2D eigenvalue weighted by Crippen LogP contribution is 2.21. The number of nitrogens with zero attached hydrogens (tertiary/aromatic N) is 1. The van der Waals surface area contributed by atoms with Gasteiger partial charge in [-0.1, -0.05) is 23.5 Å². The summed E-state index contributed by atoms with van der Waals surface area (Å²) in [4.78, 5) is 22.1. The summed E-state index contributed by atoms with van der Waals surface area (Å²) >= 11 is 3.31. The molecule has 2 rings (SSSR count). The summed E-state index contributed by atoms with van der Waals surface area (Å²) in [6.07, 6.45) is -0.0476. The minimum absolute atomic E-state index is 0.0476. The number of carboxylic acid groups (broad SMARTS) is 1. The standard InChI is InChI=1S/C12H10INO3S/c13-9-3-1-8(2-4-9)10-7-18-12(17)14(10)6-5-11(15)16/h1-4,7H,5-6H2,(H,15,16). The highest BCUT2D eigenvalue weighted by Gasteiger charge is 2.10. The fraction of sp³-hybridized carbons (Fsp3) is 0.167. The van der Waals surface area contributed by atoms with E-state index in [2.05, 4.69) is 22.6 Å². The van der Waals surface area contributed by atoms with Gasteiger partial charge < -0.3 is 5.11 Å². The molecule has 0 aliphatic carbocycles. The number of rotatable bonds is 4. The molecule has 0 radical (unpaired) electrons. The van der Waals surface area contributed by atoms with E-state index >= 15 is 0 Å². The normalized spacial score (nSPS) is 10.5. The van der Waals surface area contributed by atoms with Gasteiger partial charge in [-0.25, -0.2) is 0 Å². The number of thiazole rings is 1. The second kappa shape index (κ2) is 5.66. The van der Waals surface area contributed by atoms with Crippen LogP contribution in [0, 0.1) is 3.57 Å². The number of aliphatic carboxylic acids is 1. The first-order valence-electron chi connectivity index (χ1n) is 5.24. The first-order chi connectivity index (χ1) is 8.58. The molecule has 0 bridgehead atoms. The summed E-state index contributed by atoms with van der Waals surface area (Å²) in [5.74, 6) is -0.901. The predicted octanol–water partition coefficient (Wildman–Crippen LogP) is 2.66. The summed E-state index contributed by atoms with van der Waals surface area (Å²) < 4.78 is 2.63. The number of aromatic nitrogens is 1. The van der Waals surface area contributed by atoms with Crippen molar-refractivity contribution in [3.8, 4) is 11.3 Å². The highest BCUT2D eigenvalue weighted by atomic mass is 127. The number of carbonyl (C=O) groups is 1. The van der Waals surface area contributed by atoms with Gasteiger partial charge in [-0.3, -0.25) is 14.2 Å². The Balaban J connectivity index is 2.36. The second-order valence-corrected chi connectivity index (χ2v) is 5.76. The van der Waals surface area contributed by atoms with Gasteiger partial charge in [0.05, 0.1) is 12.1 Å². The Bertz CT molecular complexity index is 615. The lowest BCUT2D eigenvalue weighted by Crippen LogP contribution is -2.16. The third kappa shape index (κ3) is 2.99. The average molecular weight is 375 g/mol. The lowest BCUT2D eigenvalue weighted by atomic mass is 10.2. The molecule has 0 saturated heterocycles. The summed E-state index contributed by atoms with van der Waals surface area (Å²) in [7, 11) is 0. The fourth-order valence-electron chi connectivity index (χ4n) is 1.60. The number of hydrogen-bond donors (Lipinski definition) is 1. The third-order valence-corrected chi connectivity index (χ3v) is 3.95. The maximum atomic E-state index is 11.7. The molecule has 94 valence electrons. The van der Waals surface area contributed by atoms with Gasteiger partial charge in [0.2, 0.25) is 0 Å². The van der Waals surface area contributed by atoms with Crippen LogP contribution in [0.1, 0.15) is 6.42 Å². The highest BCUT2D eigenvalue weighted by molar-refractivity contribution is 14.1. The molecule has 1 aromatic heterocycles. The minimum Gasteiger partial charge on any atom is -0.481 e. The van der Waals surface area contributed by atoms with Crippen molar-refractivity contribution in [1.29, 1.82) is 0 Å². The predicted molar refractivity (Wildman–Crippen MR) is 79.0 cm³/mol. The summed E-state index contributed by atoms with van der Waals surface area (Å²) in [5.41, 5.74) is 1.71. The van der Waals surface area contributed by atoms with E-state index in [1.165, 1.54) is 4.57 Å². The van der Waals surface area contributed by atoms with Crippen LogP contribution in [0.15, 0.2) is 34.4 Å². The molecule has 0 aliphatic rings. The summed E-state index contributed by atoms with van der Waals surface area (Å²) in [5, 5.41) is 10.5. The van der Waals surface area contributed by atoms with Gasteiger partial charge in [0.15, 0.2) is 0 Å². The van der Waals surface area contributed by atoms with E-state index in [0.29, 0.717) is 0 Å². The molecule has 0 spiro atoms. The van der Waals surface area contributed by atoms with Crippen LogP contribution in [0.3, 0.4) is 0 Å². The second-order valence-electron chi connectivity index (χ2n) is 3.69. The quantitative estimate of drug-likeness (QED) is 0.836. The van der Waals surface area contributed by atoms with Crippen LogP contribution in [-0.2, 0) is 11.3 Å². The maximum absolute atomic E-state index is 11.7. The molecule has 0 saturated carbocycles. The molecule has 0 aliphatic heterocycles. The molecule has 6 heteroatoms. The lowest BCUT2D eigenvalue weighted by Gasteiger charge is -2.06. The Hall–Kier alpha value is -1.15. The van der Waals surface area contributed by atoms with Gasteiger partial charge in [-0.05, 0) is 40.3 Å². The van der Waals surface area contributed by atoms with Crippen LogP contribution < -0.4 is 4.87 Å². The zero-order valence-corrected chi connectivity index (χ0v) is 12.3. The number of benzene rings is 1. The first-order valence-corrected chi connectivity index (χ1v) is 7.20. The molecular weight excluding hydrogens is 365 g/mol. The monoisotopic (exact) mass is 375 g/mol. The van der Waals surface area contributed by atoms with Crippen LogP contribution in [0.5, 0.6) is 0 Å². The number of carboxylic acids is 1. The zero-order chi connectivity index (χ0) is 13.1. The van der Waals surface area contributed by atoms with Crippen LogP contribution in [0.4, 0.5) is 0 Å². The molecule has 0 amide bonds. The van der Waals surface area contributed by atoms with Gasteiger partial charge in [0, 0.05) is 15.5 Å². The molecule has 2 aromatic rings. The van der Waals surface area contributed by atoms with Gasteiger partial charge in [-0.15, -0.1) is 0 Å². The van der Waals surface area contributed by atoms with Crippen LogP contribution >= 0.6 is 33.9 Å². The zero-order valence-electron chi connectivity index (χ0n) is 9.30. The Morgan fingerprint density at radius 1 is 1.33 bits per heavy atom. The summed E-state index contributed by atoms with van der Waals surface area (Å²) in [6.45, 7) is 0.207. The maximum Gasteiger partial charge on any atom is 0.307 e. The molecule has 1 heterocycles. The topological polar surface area (TPSA) is 59.3 Å². The molecule has 1 aromatic carbocycles. The molecule has 4 nitrogen and oxygen atoms in total. The van der Waals surface area contributed by atoms with Crippen molar-refractivity contribution in [2.24, 2.45) is 0 Å². The van der Waals surface area contributed by atoms with Crippen molar-refractivity contribution >= 4 is 39.9 Å². The van der Waals surface area contributed by atoms with E-state index in [0.717, 1.165) is 26.2 Å². The van der Waals surface area contributed by atoms with Crippen molar-refractivity contribution in [2.45, 2.75) is 13.0 Å². The molecule has 0 atom stereocenters. The van der Waals surface area contributed by atoms with E-state index in [-0.39, 0.29) is 17.8 Å². The molecule has 18 heavy (non-hydrogen) atoms. The first kappa shape index (κ1) is 13.3. The average Bonchev–Trinajstić information content (AvgIpc) is 2.69. The molecule has 0 unspecified atom stereocenters. The fourth-order valence-corrected chi connectivity index (χ4v) is 2.75. The Morgan fingerprint density at radius 3 is 2.61 bits per heavy atom. The minimum atomic E-state index is -0.901. The van der Waals surface area contributed by atoms with E-state index in [4.69, 9.17) is 5.11 Å². The molecule has 1 N–H and O–H groups in total. The van der Waals surface area contributed by atoms with E-state index in [9.17, 15) is 9.59 Å². The lowest BCUT2D eigenvalue weighted by molar-refractivity contribution is -0.137. The van der Waals surface area contributed by atoms with E-state index in [1.54, 1.807) is 5.38 Å². The van der Waals surface area contributed by atoms with Gasteiger partial charge in [-0.2, -0.15) is 0 Å². The van der Waals surface area contributed by atoms with E-state index < -0.39 is 5.97 Å². The Kier molecular flexibility index (Phi) is 4.18. The van der Waals surface area contributed by atoms with Crippen molar-refractivity contribution < 1.29 is 9.90 Å². The van der Waals surface area contributed by atoms with Crippen LogP contribution in [0.25, 0.3) is 11.3 Å². The molecular formula is C12H10INO3S. The van der Waals surface area contributed by atoms with Crippen molar-refractivity contribution in [1.82, 2.24) is 4.57 Å². The number of halogens is 1. The van der Waals surface area contributed by atoms with Crippen molar-refractivity contribution in [2.75, 3.05) is 0 Å². The smallest absolute Gasteiger partial charge is 0.307 e. The van der Waals surface area contributed by atoms with E-state index in [1.807, 2.05) is 24.3 Å². The van der Waals surface area contributed by atoms with Crippen molar-refractivity contribution in [3.05, 3.63) is 42.9 Å². The van der Waals surface area contributed by atoms with Crippen molar-refractivity contribution in [3.63, 3.8) is 0 Å². The van der Waals surface area contributed by atoms with Gasteiger partial charge >= 0.3 is 10.8 Å². The Morgan fingerprint density at radius 2 is 2.00 bits per heavy atom. The third-order valence-electron chi connectivity index (χ3n) is 2.47. The molecule has 0 fully saturated rings. The number of hydrogen-bond acceptors (Lipinski definition) is 3. The van der Waals surface area contributed by atoms with Crippen LogP contribution in [-0.4, -0.2) is 15.6 Å².